The van der Waals surface area contributed by atoms with Crippen LogP contribution < -0.4 is 5.32 Å². The van der Waals surface area contributed by atoms with Crippen LogP contribution in [0, 0.1) is 6.92 Å². The van der Waals surface area contributed by atoms with Crippen molar-refractivity contribution in [2.75, 3.05) is 6.54 Å². The first-order valence-electron chi connectivity index (χ1n) is 8.09. The highest BCUT2D eigenvalue weighted by Crippen LogP contribution is 2.33. The number of aryl methyl sites for hydroxylation is 2. The lowest BCUT2D eigenvalue weighted by Gasteiger charge is -2.32. The monoisotopic (exact) mass is 261 g/mol. The van der Waals surface area contributed by atoms with Gasteiger partial charge in [-0.25, -0.2) is 4.98 Å². The van der Waals surface area contributed by atoms with Crippen LogP contribution in [0.1, 0.15) is 68.7 Å². The zero-order chi connectivity index (χ0) is 13.2. The molecule has 3 rings (SSSR count). The number of aromatic nitrogens is 2. The second-order valence-corrected chi connectivity index (χ2v) is 6.20. The normalized spacial score (nSPS) is 27.3. The first-order chi connectivity index (χ1) is 9.29. The van der Waals surface area contributed by atoms with Crippen LogP contribution in [0.5, 0.6) is 0 Å². The van der Waals surface area contributed by atoms with Crippen molar-refractivity contribution in [3.8, 4) is 0 Å². The van der Waals surface area contributed by atoms with Crippen molar-refractivity contribution in [3.05, 3.63) is 17.2 Å². The summed E-state index contributed by atoms with van der Waals surface area (Å²) in [5, 5.41) is 3.64. The average molecular weight is 261 g/mol. The van der Waals surface area contributed by atoms with Crippen molar-refractivity contribution in [2.45, 2.75) is 77.3 Å². The smallest absolute Gasteiger partial charge is 0.106 e. The molecule has 0 spiro atoms. The van der Waals surface area contributed by atoms with Crippen LogP contribution in [0.25, 0.3) is 0 Å². The summed E-state index contributed by atoms with van der Waals surface area (Å²) in [6, 6.07) is 1.40. The van der Waals surface area contributed by atoms with E-state index in [0.29, 0.717) is 12.1 Å². The summed E-state index contributed by atoms with van der Waals surface area (Å²) in [5.41, 5.74) is 2.96. The Morgan fingerprint density at radius 2 is 2.05 bits per heavy atom. The molecule has 1 heterocycles. The molecule has 0 saturated heterocycles. The van der Waals surface area contributed by atoms with E-state index in [0.717, 1.165) is 6.54 Å². The summed E-state index contributed by atoms with van der Waals surface area (Å²) in [7, 11) is 0. The van der Waals surface area contributed by atoms with Gasteiger partial charge in [0.25, 0.3) is 0 Å². The first-order valence-corrected chi connectivity index (χ1v) is 8.09. The van der Waals surface area contributed by atoms with Crippen molar-refractivity contribution in [1.82, 2.24) is 14.9 Å². The van der Waals surface area contributed by atoms with Gasteiger partial charge in [0, 0.05) is 17.8 Å². The summed E-state index contributed by atoms with van der Waals surface area (Å²) in [5.74, 6) is 1.26. The maximum absolute atomic E-state index is 4.84. The molecular formula is C16H27N3. The van der Waals surface area contributed by atoms with Crippen molar-refractivity contribution >= 4 is 0 Å². The summed E-state index contributed by atoms with van der Waals surface area (Å²) >= 11 is 0. The summed E-state index contributed by atoms with van der Waals surface area (Å²) < 4.78 is 2.60. The molecule has 2 atom stereocenters. The topological polar surface area (TPSA) is 29.9 Å². The largest absolute Gasteiger partial charge is 0.329 e. The fourth-order valence-corrected chi connectivity index (χ4v) is 4.06. The highest BCUT2D eigenvalue weighted by Gasteiger charge is 2.27. The quantitative estimate of drug-likeness (QED) is 0.905. The average Bonchev–Trinajstić information content (AvgIpc) is 2.75. The van der Waals surface area contributed by atoms with E-state index >= 15 is 0 Å². The molecule has 19 heavy (non-hydrogen) atoms. The highest BCUT2D eigenvalue weighted by molar-refractivity contribution is 5.21. The Bertz CT molecular complexity index is 433. The Hall–Kier alpha value is -0.830. The molecule has 2 aliphatic carbocycles. The van der Waals surface area contributed by atoms with Gasteiger partial charge in [-0.05, 0) is 64.8 Å². The minimum atomic E-state index is 0.687. The third-order valence-electron chi connectivity index (χ3n) is 4.85. The summed E-state index contributed by atoms with van der Waals surface area (Å²) in [6.45, 7) is 5.52. The van der Waals surface area contributed by atoms with Gasteiger partial charge < -0.3 is 9.88 Å². The van der Waals surface area contributed by atoms with Gasteiger partial charge in [0.2, 0.25) is 0 Å². The van der Waals surface area contributed by atoms with Gasteiger partial charge in [-0.15, -0.1) is 0 Å². The van der Waals surface area contributed by atoms with E-state index in [1.807, 2.05) is 0 Å². The van der Waals surface area contributed by atoms with Crippen molar-refractivity contribution in [1.29, 1.82) is 0 Å². The molecular weight excluding hydrogens is 234 g/mol. The zero-order valence-electron chi connectivity index (χ0n) is 12.4. The minimum absolute atomic E-state index is 0.687. The fraction of sp³-hybridized carbons (Fsp3) is 0.812. The molecule has 3 nitrogen and oxygen atoms in total. The third-order valence-corrected chi connectivity index (χ3v) is 4.85. The molecule has 0 bridgehead atoms. The van der Waals surface area contributed by atoms with E-state index in [4.69, 9.17) is 4.98 Å². The van der Waals surface area contributed by atoms with Crippen LogP contribution in [0.15, 0.2) is 0 Å². The molecule has 0 aliphatic heterocycles. The van der Waals surface area contributed by atoms with Gasteiger partial charge in [-0.1, -0.05) is 6.92 Å². The van der Waals surface area contributed by atoms with E-state index < -0.39 is 0 Å². The highest BCUT2D eigenvalue weighted by atomic mass is 15.1. The summed E-state index contributed by atoms with van der Waals surface area (Å²) in [6.07, 6.45) is 10.5. The van der Waals surface area contributed by atoms with Gasteiger partial charge in [-0.2, -0.15) is 0 Å². The lowest BCUT2D eigenvalue weighted by atomic mass is 9.90. The Morgan fingerprint density at radius 3 is 2.89 bits per heavy atom. The van der Waals surface area contributed by atoms with Crippen LogP contribution in [0.4, 0.5) is 0 Å². The van der Waals surface area contributed by atoms with E-state index in [2.05, 4.69) is 23.7 Å². The molecule has 1 fully saturated rings. The van der Waals surface area contributed by atoms with Crippen molar-refractivity contribution < 1.29 is 0 Å². The molecule has 1 N–H and O–H groups in total. The predicted octanol–water partition coefficient (Wildman–Crippen LogP) is 3.16. The molecule has 0 radical (unpaired) electrons. The van der Waals surface area contributed by atoms with Gasteiger partial charge >= 0.3 is 0 Å². The number of hydrogen-bond acceptors (Lipinski definition) is 2. The number of hydrogen-bond donors (Lipinski definition) is 1. The van der Waals surface area contributed by atoms with Crippen LogP contribution in [-0.2, 0) is 12.8 Å². The maximum Gasteiger partial charge on any atom is 0.106 e. The first kappa shape index (κ1) is 13.2. The zero-order valence-corrected chi connectivity index (χ0v) is 12.4. The van der Waals surface area contributed by atoms with Gasteiger partial charge in [-0.3, -0.25) is 0 Å². The van der Waals surface area contributed by atoms with Crippen LogP contribution >= 0.6 is 0 Å². The molecule has 1 aromatic rings. The standard InChI is InChI=1S/C16H27N3/c1-3-17-13-7-6-8-14(11-13)19-12(2)18-15-9-4-5-10-16(15)19/h13-14,17H,3-11H2,1-2H3. The molecule has 106 valence electrons. The second-order valence-electron chi connectivity index (χ2n) is 6.20. The Morgan fingerprint density at radius 1 is 1.21 bits per heavy atom. The van der Waals surface area contributed by atoms with E-state index in [9.17, 15) is 0 Å². The van der Waals surface area contributed by atoms with Gasteiger partial charge in [0.05, 0.1) is 5.69 Å². The second kappa shape index (κ2) is 5.66. The maximum atomic E-state index is 4.84. The Kier molecular flexibility index (Phi) is 3.92. The van der Waals surface area contributed by atoms with Gasteiger partial charge in [0.1, 0.15) is 5.82 Å². The minimum Gasteiger partial charge on any atom is -0.329 e. The van der Waals surface area contributed by atoms with E-state index in [1.54, 1.807) is 5.69 Å². The molecule has 0 aromatic carbocycles. The molecule has 1 saturated carbocycles. The molecule has 1 aromatic heterocycles. The van der Waals surface area contributed by atoms with Crippen molar-refractivity contribution in [3.63, 3.8) is 0 Å². The number of rotatable bonds is 3. The molecule has 2 unspecified atom stereocenters. The number of nitrogens with one attached hydrogen (secondary N) is 1. The lowest BCUT2D eigenvalue weighted by Crippen LogP contribution is -2.35. The molecule has 0 amide bonds. The number of fused-ring (bicyclic) bond motifs is 1. The van der Waals surface area contributed by atoms with Crippen molar-refractivity contribution in [2.24, 2.45) is 0 Å². The molecule has 3 heteroatoms. The predicted molar refractivity (Wildman–Crippen MR) is 78.6 cm³/mol. The fourth-order valence-electron chi connectivity index (χ4n) is 4.06. The van der Waals surface area contributed by atoms with E-state index in [1.165, 1.54) is 62.9 Å². The lowest BCUT2D eigenvalue weighted by molar-refractivity contribution is 0.280. The third kappa shape index (κ3) is 2.58. The van der Waals surface area contributed by atoms with Crippen LogP contribution in [0.3, 0.4) is 0 Å². The van der Waals surface area contributed by atoms with E-state index in [-0.39, 0.29) is 0 Å². The van der Waals surface area contributed by atoms with Gasteiger partial charge in [0.15, 0.2) is 0 Å². The summed E-state index contributed by atoms with van der Waals surface area (Å²) in [4.78, 5) is 4.84. The van der Waals surface area contributed by atoms with Crippen LogP contribution in [0.2, 0.25) is 0 Å². The number of nitrogens with zero attached hydrogens (tertiary/aromatic N) is 2. The molecule has 2 aliphatic rings. The number of imidazole rings is 1. The Balaban J connectivity index is 1.83. The Labute approximate surface area is 116 Å². The van der Waals surface area contributed by atoms with Crippen LogP contribution in [-0.4, -0.2) is 22.1 Å². The SMILES string of the molecule is CCNC1CCCC(n2c(C)nc3c2CCCC3)C1.